The molecule has 1 atom stereocenters. The molecule has 0 radical (unpaired) electrons. The first kappa shape index (κ1) is 20.1. The van der Waals surface area contributed by atoms with Crippen molar-refractivity contribution in [3.63, 3.8) is 0 Å². The number of hydrogen-bond acceptors (Lipinski definition) is 5. The number of carbonyl (C=O) groups is 1. The predicted octanol–water partition coefficient (Wildman–Crippen LogP) is 3.04. The minimum absolute atomic E-state index is 0.121. The molecular formula is C20H22ClN3O4S. The van der Waals surface area contributed by atoms with Gasteiger partial charge in [-0.25, -0.2) is 8.42 Å². The molecule has 2 aromatic rings. The molecule has 9 heteroatoms. The minimum atomic E-state index is -3.23. The molecule has 154 valence electrons. The molecular weight excluding hydrogens is 414 g/mol. The zero-order valence-corrected chi connectivity index (χ0v) is 18.0. The molecule has 1 aromatic heterocycles. The molecule has 1 saturated heterocycles. The van der Waals surface area contributed by atoms with Crippen molar-refractivity contribution in [2.45, 2.75) is 31.9 Å². The van der Waals surface area contributed by atoms with Crippen LogP contribution in [0.3, 0.4) is 0 Å². The van der Waals surface area contributed by atoms with E-state index in [1.54, 1.807) is 35.5 Å². The van der Waals surface area contributed by atoms with Crippen LogP contribution in [0.1, 0.15) is 36.2 Å². The topological polar surface area (TPSA) is 79.8 Å². The van der Waals surface area contributed by atoms with Gasteiger partial charge < -0.3 is 4.74 Å². The van der Waals surface area contributed by atoms with Crippen LogP contribution in [0.2, 0.25) is 5.02 Å². The van der Waals surface area contributed by atoms with Crippen LogP contribution in [0.15, 0.2) is 36.7 Å². The van der Waals surface area contributed by atoms with Crippen molar-refractivity contribution in [3.05, 3.63) is 52.8 Å². The summed E-state index contributed by atoms with van der Waals surface area (Å²) < 4.78 is 30.8. The molecule has 0 N–H and O–H groups in total. The van der Waals surface area contributed by atoms with Gasteiger partial charge in [0, 0.05) is 23.2 Å². The largest absolute Gasteiger partial charge is 0.487 e. The van der Waals surface area contributed by atoms with Crippen LogP contribution in [0.25, 0.3) is 0 Å². The number of benzene rings is 1. The first-order valence-corrected chi connectivity index (χ1v) is 11.5. The predicted molar refractivity (Wildman–Crippen MR) is 111 cm³/mol. The number of aromatic nitrogens is 1. The molecule has 0 bridgehead atoms. The molecule has 29 heavy (non-hydrogen) atoms. The van der Waals surface area contributed by atoms with E-state index in [9.17, 15) is 13.2 Å². The molecule has 2 aliphatic heterocycles. The summed E-state index contributed by atoms with van der Waals surface area (Å²) in [6.07, 6.45) is 4.75. The maximum Gasteiger partial charge on any atom is 0.259 e. The zero-order valence-electron chi connectivity index (χ0n) is 16.4. The molecule has 2 aliphatic rings. The lowest BCUT2D eigenvalue weighted by Gasteiger charge is -2.32. The number of amides is 1. The molecule has 1 fully saturated rings. The highest BCUT2D eigenvalue weighted by Gasteiger charge is 2.44. The Kier molecular flexibility index (Phi) is 4.83. The Morgan fingerprint density at radius 3 is 2.69 bits per heavy atom. The van der Waals surface area contributed by atoms with E-state index in [1.807, 2.05) is 19.9 Å². The monoisotopic (exact) mass is 435 g/mol. The number of carbonyl (C=O) groups excluding carboxylic acids is 1. The van der Waals surface area contributed by atoms with Gasteiger partial charge in [0.25, 0.3) is 5.91 Å². The van der Waals surface area contributed by atoms with Crippen LogP contribution in [-0.4, -0.2) is 49.1 Å². The highest BCUT2D eigenvalue weighted by molar-refractivity contribution is 7.88. The van der Waals surface area contributed by atoms with E-state index in [0.29, 0.717) is 41.5 Å². The first-order valence-electron chi connectivity index (χ1n) is 9.29. The smallest absolute Gasteiger partial charge is 0.259 e. The van der Waals surface area contributed by atoms with Crippen molar-refractivity contribution in [3.8, 4) is 5.75 Å². The summed E-state index contributed by atoms with van der Waals surface area (Å²) in [6, 6.07) is 7.04. The van der Waals surface area contributed by atoms with E-state index in [2.05, 4.69) is 4.98 Å². The van der Waals surface area contributed by atoms with E-state index < -0.39 is 15.6 Å². The lowest BCUT2D eigenvalue weighted by molar-refractivity contribution is 0.0982. The number of sulfonamides is 1. The summed E-state index contributed by atoms with van der Waals surface area (Å²) in [5.74, 6) is 0.380. The standard InChI is InChI=1S/C20H22ClN3O4S/c1-20(2)18-8-13(21)4-5-17(18)19(25)24(20)14-9-16(11-22-10-14)28-15-6-7-23(12-15)29(3,26)27/h4-5,8-11,15H,6-7,12H2,1-3H3. The average Bonchev–Trinajstić information content (AvgIpc) is 3.17. The molecule has 1 unspecified atom stereocenters. The summed E-state index contributed by atoms with van der Waals surface area (Å²) in [6.45, 7) is 4.66. The quantitative estimate of drug-likeness (QED) is 0.737. The van der Waals surface area contributed by atoms with Gasteiger partial charge in [-0.1, -0.05) is 11.6 Å². The van der Waals surface area contributed by atoms with Crippen LogP contribution in [0, 0.1) is 0 Å². The van der Waals surface area contributed by atoms with Crippen LogP contribution in [-0.2, 0) is 15.6 Å². The SMILES string of the molecule is CC1(C)c2cc(Cl)ccc2C(=O)N1c1cncc(OC2CCN(S(C)(=O)=O)C2)c1. The van der Waals surface area contributed by atoms with Crippen LogP contribution in [0.5, 0.6) is 5.75 Å². The zero-order chi connectivity index (χ0) is 21.0. The van der Waals surface area contributed by atoms with Gasteiger partial charge in [-0.15, -0.1) is 0 Å². The van der Waals surface area contributed by atoms with Gasteiger partial charge in [0.1, 0.15) is 11.9 Å². The van der Waals surface area contributed by atoms with Gasteiger partial charge in [0.2, 0.25) is 10.0 Å². The number of halogens is 1. The molecule has 0 saturated carbocycles. The third-order valence-electron chi connectivity index (χ3n) is 5.47. The Balaban J connectivity index is 1.59. The maximum atomic E-state index is 13.1. The van der Waals surface area contributed by atoms with Crippen molar-refractivity contribution < 1.29 is 17.9 Å². The molecule has 1 amide bonds. The molecule has 3 heterocycles. The van der Waals surface area contributed by atoms with E-state index in [-0.39, 0.29) is 12.0 Å². The lowest BCUT2D eigenvalue weighted by atomic mass is 9.93. The lowest BCUT2D eigenvalue weighted by Crippen LogP contribution is -2.39. The van der Waals surface area contributed by atoms with Crippen molar-refractivity contribution in [2.75, 3.05) is 24.2 Å². The Labute approximate surface area is 175 Å². The highest BCUT2D eigenvalue weighted by atomic mass is 35.5. The maximum absolute atomic E-state index is 13.1. The van der Waals surface area contributed by atoms with E-state index >= 15 is 0 Å². The summed E-state index contributed by atoms with van der Waals surface area (Å²) in [5.41, 5.74) is 1.49. The number of hydrogen-bond donors (Lipinski definition) is 0. The molecule has 4 rings (SSSR count). The van der Waals surface area contributed by atoms with Crippen LogP contribution >= 0.6 is 11.6 Å². The second-order valence-electron chi connectivity index (χ2n) is 7.92. The third-order valence-corrected chi connectivity index (χ3v) is 6.97. The van der Waals surface area contributed by atoms with Crippen molar-refractivity contribution in [1.29, 1.82) is 0 Å². The van der Waals surface area contributed by atoms with Crippen LogP contribution in [0.4, 0.5) is 5.69 Å². The van der Waals surface area contributed by atoms with Crippen molar-refractivity contribution in [2.24, 2.45) is 0 Å². The van der Waals surface area contributed by atoms with E-state index in [4.69, 9.17) is 16.3 Å². The van der Waals surface area contributed by atoms with Gasteiger partial charge >= 0.3 is 0 Å². The number of ether oxygens (including phenoxy) is 1. The number of nitrogens with zero attached hydrogens (tertiary/aromatic N) is 3. The minimum Gasteiger partial charge on any atom is -0.487 e. The Morgan fingerprint density at radius 1 is 1.24 bits per heavy atom. The number of anilines is 1. The molecule has 7 nitrogen and oxygen atoms in total. The summed E-state index contributed by atoms with van der Waals surface area (Å²) in [4.78, 5) is 19.0. The second-order valence-corrected chi connectivity index (χ2v) is 10.3. The Morgan fingerprint density at radius 2 is 2.00 bits per heavy atom. The van der Waals surface area contributed by atoms with Crippen molar-refractivity contribution in [1.82, 2.24) is 9.29 Å². The number of fused-ring (bicyclic) bond motifs is 1. The fourth-order valence-electron chi connectivity index (χ4n) is 4.03. The number of rotatable bonds is 4. The molecule has 0 spiro atoms. The summed E-state index contributed by atoms with van der Waals surface area (Å²) in [7, 11) is -3.23. The highest BCUT2D eigenvalue weighted by Crippen LogP contribution is 2.43. The summed E-state index contributed by atoms with van der Waals surface area (Å²) in [5, 5.41) is 0.582. The third kappa shape index (κ3) is 3.60. The number of pyridine rings is 1. The van der Waals surface area contributed by atoms with Gasteiger partial charge in [0.15, 0.2) is 0 Å². The fourth-order valence-corrected chi connectivity index (χ4v) is 5.07. The Bertz CT molecular complexity index is 1090. The molecule has 1 aromatic carbocycles. The van der Waals surface area contributed by atoms with E-state index in [1.165, 1.54) is 10.6 Å². The van der Waals surface area contributed by atoms with Crippen LogP contribution < -0.4 is 9.64 Å². The normalized spacial score (nSPS) is 21.4. The van der Waals surface area contributed by atoms with Gasteiger partial charge in [-0.3, -0.25) is 14.7 Å². The average molecular weight is 436 g/mol. The fraction of sp³-hybridized carbons (Fsp3) is 0.400. The van der Waals surface area contributed by atoms with Gasteiger partial charge in [0.05, 0.1) is 36.4 Å². The molecule has 0 aliphatic carbocycles. The van der Waals surface area contributed by atoms with Gasteiger partial charge in [-0.2, -0.15) is 4.31 Å². The first-order chi connectivity index (χ1) is 13.6. The Hall–Kier alpha value is -2.16. The second kappa shape index (κ2) is 6.97. The van der Waals surface area contributed by atoms with Gasteiger partial charge in [-0.05, 0) is 44.0 Å². The van der Waals surface area contributed by atoms with E-state index in [0.717, 1.165) is 5.56 Å². The van der Waals surface area contributed by atoms with Crippen molar-refractivity contribution >= 4 is 33.2 Å². The summed E-state index contributed by atoms with van der Waals surface area (Å²) >= 11 is 6.15.